The third-order valence-corrected chi connectivity index (χ3v) is 3.41. The summed E-state index contributed by atoms with van der Waals surface area (Å²) < 4.78 is 4.55. The molecule has 0 aliphatic carbocycles. The Labute approximate surface area is 117 Å². The maximum atomic E-state index is 10.9. The van der Waals surface area contributed by atoms with E-state index in [1.54, 1.807) is 0 Å². The van der Waals surface area contributed by atoms with Crippen molar-refractivity contribution in [2.45, 2.75) is 83.3 Å². The number of carbonyl (C=O) groups is 1. The largest absolute Gasteiger partial charge is 0.469 e. The van der Waals surface area contributed by atoms with Gasteiger partial charge in [0.05, 0.1) is 19.3 Å². The van der Waals surface area contributed by atoms with Crippen molar-refractivity contribution >= 4 is 5.97 Å². The highest BCUT2D eigenvalue weighted by atomic mass is 16.5. The molecule has 0 aromatic rings. The molecule has 0 spiro atoms. The minimum absolute atomic E-state index is 0.184. The number of carbonyl (C=O) groups excluding carboxylic acids is 1. The second-order valence-corrected chi connectivity index (χ2v) is 5.16. The fourth-order valence-corrected chi connectivity index (χ4v) is 2.07. The zero-order valence-electron chi connectivity index (χ0n) is 12.4. The van der Waals surface area contributed by atoms with Crippen LogP contribution >= 0.6 is 0 Å². The molecule has 2 atom stereocenters. The summed E-state index contributed by atoms with van der Waals surface area (Å²) in [6.45, 7) is 2.15. The zero-order chi connectivity index (χ0) is 14.5. The molecule has 0 fully saturated rings. The molecule has 0 aromatic heterocycles. The van der Waals surface area contributed by atoms with Gasteiger partial charge in [0.2, 0.25) is 0 Å². The van der Waals surface area contributed by atoms with E-state index < -0.39 is 12.2 Å². The lowest BCUT2D eigenvalue weighted by Crippen LogP contribution is -2.25. The van der Waals surface area contributed by atoms with Crippen LogP contribution in [0.3, 0.4) is 0 Å². The molecule has 114 valence electrons. The number of methoxy groups -OCH3 is 1. The molecule has 0 saturated heterocycles. The van der Waals surface area contributed by atoms with Crippen LogP contribution < -0.4 is 0 Å². The fourth-order valence-electron chi connectivity index (χ4n) is 2.07. The Hall–Kier alpha value is -0.610. The molecule has 19 heavy (non-hydrogen) atoms. The van der Waals surface area contributed by atoms with Crippen molar-refractivity contribution in [3.8, 4) is 0 Å². The average molecular weight is 274 g/mol. The van der Waals surface area contributed by atoms with Gasteiger partial charge in [-0.05, 0) is 19.3 Å². The number of esters is 1. The van der Waals surface area contributed by atoms with Crippen molar-refractivity contribution in [1.29, 1.82) is 0 Å². The highest BCUT2D eigenvalue weighted by Crippen LogP contribution is 2.13. The quantitative estimate of drug-likeness (QED) is 0.424. The first kappa shape index (κ1) is 18.4. The molecule has 0 rings (SSSR count). The van der Waals surface area contributed by atoms with Gasteiger partial charge in [0.1, 0.15) is 0 Å². The second kappa shape index (κ2) is 12.4. The summed E-state index contributed by atoms with van der Waals surface area (Å²) in [7, 11) is 1.39. The van der Waals surface area contributed by atoms with Gasteiger partial charge in [0.15, 0.2) is 0 Å². The van der Waals surface area contributed by atoms with Crippen molar-refractivity contribution in [3.05, 3.63) is 0 Å². The number of ether oxygens (including phenoxy) is 1. The molecule has 0 bridgehead atoms. The summed E-state index contributed by atoms with van der Waals surface area (Å²) in [5.74, 6) is -0.184. The van der Waals surface area contributed by atoms with Crippen LogP contribution in [0.15, 0.2) is 0 Å². The van der Waals surface area contributed by atoms with Gasteiger partial charge in [-0.25, -0.2) is 0 Å². The lowest BCUT2D eigenvalue weighted by atomic mass is 10.0. The smallest absolute Gasteiger partial charge is 0.305 e. The molecule has 0 saturated carbocycles. The SMILES string of the molecule is CCCCCC[C@H](O)[C@@H](O)CCCCCC(=O)OC. The van der Waals surface area contributed by atoms with E-state index in [4.69, 9.17) is 0 Å². The molecule has 4 nitrogen and oxygen atoms in total. The summed E-state index contributed by atoms with van der Waals surface area (Å²) in [5.41, 5.74) is 0. The van der Waals surface area contributed by atoms with Crippen molar-refractivity contribution in [2.75, 3.05) is 7.11 Å². The first-order valence-corrected chi connectivity index (χ1v) is 7.54. The van der Waals surface area contributed by atoms with Crippen LogP contribution in [0.1, 0.15) is 71.1 Å². The Morgan fingerprint density at radius 1 is 0.947 bits per heavy atom. The molecule has 4 heteroatoms. The Morgan fingerprint density at radius 2 is 1.47 bits per heavy atom. The van der Waals surface area contributed by atoms with Crippen molar-refractivity contribution in [2.24, 2.45) is 0 Å². The minimum atomic E-state index is -0.625. The molecule has 2 N–H and O–H groups in total. The number of hydrogen-bond donors (Lipinski definition) is 2. The molecule has 0 amide bonds. The van der Waals surface area contributed by atoms with Gasteiger partial charge in [-0.3, -0.25) is 4.79 Å². The molecule has 0 aliphatic heterocycles. The predicted octanol–water partition coefficient (Wildman–Crippen LogP) is 2.80. The van der Waals surface area contributed by atoms with E-state index in [-0.39, 0.29) is 5.97 Å². The zero-order valence-corrected chi connectivity index (χ0v) is 12.4. The van der Waals surface area contributed by atoms with E-state index in [0.717, 1.165) is 32.1 Å². The number of rotatable bonds is 12. The topological polar surface area (TPSA) is 66.8 Å². The van der Waals surface area contributed by atoms with Crippen LogP contribution in [0.4, 0.5) is 0 Å². The Kier molecular flexibility index (Phi) is 12.0. The number of aliphatic hydroxyl groups is 2. The van der Waals surface area contributed by atoms with Crippen molar-refractivity contribution < 1.29 is 19.7 Å². The van der Waals surface area contributed by atoms with Crippen LogP contribution in [0.2, 0.25) is 0 Å². The van der Waals surface area contributed by atoms with E-state index in [2.05, 4.69) is 11.7 Å². The second-order valence-electron chi connectivity index (χ2n) is 5.16. The Morgan fingerprint density at radius 3 is 1.95 bits per heavy atom. The highest BCUT2D eigenvalue weighted by Gasteiger charge is 2.15. The van der Waals surface area contributed by atoms with E-state index in [9.17, 15) is 15.0 Å². The van der Waals surface area contributed by atoms with E-state index in [1.165, 1.54) is 20.0 Å². The predicted molar refractivity (Wildman–Crippen MR) is 75.9 cm³/mol. The van der Waals surface area contributed by atoms with E-state index in [1.807, 2.05) is 0 Å². The molecule has 0 aliphatic rings. The van der Waals surface area contributed by atoms with Gasteiger partial charge in [0, 0.05) is 6.42 Å². The minimum Gasteiger partial charge on any atom is -0.469 e. The van der Waals surface area contributed by atoms with Crippen LogP contribution in [0.25, 0.3) is 0 Å². The highest BCUT2D eigenvalue weighted by molar-refractivity contribution is 5.68. The van der Waals surface area contributed by atoms with Gasteiger partial charge in [-0.1, -0.05) is 45.4 Å². The number of hydrogen-bond acceptors (Lipinski definition) is 4. The lowest BCUT2D eigenvalue weighted by molar-refractivity contribution is -0.140. The standard InChI is InChI=1S/C15H30O4/c1-3-4-5-7-10-13(16)14(17)11-8-6-9-12-15(18)19-2/h13-14,16-17H,3-12H2,1-2H3/t13-,14-/m0/s1. The number of aliphatic hydroxyl groups excluding tert-OH is 2. The van der Waals surface area contributed by atoms with Gasteiger partial charge >= 0.3 is 5.97 Å². The summed E-state index contributed by atoms with van der Waals surface area (Å²) >= 11 is 0. The lowest BCUT2D eigenvalue weighted by Gasteiger charge is -2.17. The molecular weight excluding hydrogens is 244 g/mol. The van der Waals surface area contributed by atoms with Crippen LogP contribution in [-0.2, 0) is 9.53 Å². The summed E-state index contributed by atoms with van der Waals surface area (Å²) in [6, 6.07) is 0. The van der Waals surface area contributed by atoms with Crippen LogP contribution in [0, 0.1) is 0 Å². The monoisotopic (exact) mass is 274 g/mol. The Bertz CT molecular complexity index is 218. The normalized spacial score (nSPS) is 14.1. The summed E-state index contributed by atoms with van der Waals surface area (Å²) in [5, 5.41) is 19.6. The average Bonchev–Trinajstić information content (AvgIpc) is 2.42. The molecular formula is C15H30O4. The molecule has 0 radical (unpaired) electrons. The summed E-state index contributed by atoms with van der Waals surface area (Å²) in [4.78, 5) is 10.9. The van der Waals surface area contributed by atoms with Gasteiger partial charge in [-0.15, -0.1) is 0 Å². The third kappa shape index (κ3) is 11.0. The Balaban J connectivity index is 3.45. The molecule has 0 unspecified atom stereocenters. The molecule has 0 heterocycles. The maximum absolute atomic E-state index is 10.9. The summed E-state index contributed by atoms with van der Waals surface area (Å²) in [6.07, 6.45) is 7.48. The first-order valence-electron chi connectivity index (χ1n) is 7.54. The first-order chi connectivity index (χ1) is 9.11. The van der Waals surface area contributed by atoms with Crippen LogP contribution in [0.5, 0.6) is 0 Å². The molecule has 0 aromatic carbocycles. The van der Waals surface area contributed by atoms with Crippen molar-refractivity contribution in [1.82, 2.24) is 0 Å². The van der Waals surface area contributed by atoms with Crippen LogP contribution in [-0.4, -0.2) is 35.5 Å². The fraction of sp³-hybridized carbons (Fsp3) is 0.933. The van der Waals surface area contributed by atoms with Gasteiger partial charge in [-0.2, -0.15) is 0 Å². The van der Waals surface area contributed by atoms with E-state index >= 15 is 0 Å². The number of unbranched alkanes of at least 4 members (excludes halogenated alkanes) is 5. The van der Waals surface area contributed by atoms with Crippen molar-refractivity contribution in [3.63, 3.8) is 0 Å². The third-order valence-electron chi connectivity index (χ3n) is 3.41. The van der Waals surface area contributed by atoms with Gasteiger partial charge < -0.3 is 14.9 Å². The maximum Gasteiger partial charge on any atom is 0.305 e. The van der Waals surface area contributed by atoms with Gasteiger partial charge in [0.25, 0.3) is 0 Å². The van der Waals surface area contributed by atoms with E-state index in [0.29, 0.717) is 19.3 Å².